The van der Waals surface area contributed by atoms with Crippen LogP contribution in [0.5, 0.6) is 0 Å². The third-order valence-corrected chi connectivity index (χ3v) is 7.12. The molecule has 0 unspecified atom stereocenters. The Balaban J connectivity index is 1.43. The first-order valence-electron chi connectivity index (χ1n) is 12.9. The van der Waals surface area contributed by atoms with Crippen molar-refractivity contribution < 1.29 is 18.0 Å². The van der Waals surface area contributed by atoms with Crippen LogP contribution in [0.15, 0.2) is 55.1 Å². The third-order valence-electron chi connectivity index (χ3n) is 7.12. The molecule has 0 bridgehead atoms. The number of alkyl halides is 3. The van der Waals surface area contributed by atoms with E-state index in [0.717, 1.165) is 31.3 Å². The predicted molar refractivity (Wildman–Crippen MR) is 146 cm³/mol. The minimum Gasteiger partial charge on any atom is -0.369 e. The monoisotopic (exact) mass is 550 g/mol. The number of anilines is 2. The van der Waals surface area contributed by atoms with E-state index in [9.17, 15) is 18.0 Å². The molecule has 4 aromatic rings. The first-order valence-corrected chi connectivity index (χ1v) is 12.9. The SMILES string of the molecule is CCN1CCN(c2cc(NC(=O)c3cnc(C)c(-n4cc(-c5cccnc5)nn4)c3)cc(C(F)(F)F)c2C)CC1. The number of pyridine rings is 2. The Morgan fingerprint density at radius 1 is 1.05 bits per heavy atom. The fourth-order valence-corrected chi connectivity index (χ4v) is 4.81. The number of piperazine rings is 1. The van der Waals surface area contributed by atoms with Gasteiger partial charge in [-0.25, -0.2) is 4.68 Å². The lowest BCUT2D eigenvalue weighted by Gasteiger charge is -2.37. The molecule has 0 saturated carbocycles. The topological polar surface area (TPSA) is 92.1 Å². The highest BCUT2D eigenvalue weighted by molar-refractivity contribution is 6.04. The Labute approximate surface area is 229 Å². The van der Waals surface area contributed by atoms with Gasteiger partial charge in [0.1, 0.15) is 5.69 Å². The first kappa shape index (κ1) is 27.3. The number of aromatic nitrogens is 5. The summed E-state index contributed by atoms with van der Waals surface area (Å²) in [5.74, 6) is -0.583. The van der Waals surface area contributed by atoms with Gasteiger partial charge in [0.15, 0.2) is 0 Å². The lowest BCUT2D eigenvalue weighted by molar-refractivity contribution is -0.138. The second-order valence-corrected chi connectivity index (χ2v) is 9.66. The van der Waals surface area contributed by atoms with Crippen LogP contribution in [-0.2, 0) is 6.18 Å². The van der Waals surface area contributed by atoms with Crippen molar-refractivity contribution in [2.24, 2.45) is 0 Å². The van der Waals surface area contributed by atoms with Gasteiger partial charge in [-0.1, -0.05) is 12.1 Å². The summed E-state index contributed by atoms with van der Waals surface area (Å²) < 4.78 is 43.5. The zero-order chi connectivity index (χ0) is 28.4. The number of likely N-dealkylation sites (N-methyl/N-ethyl adjacent to an activating group) is 1. The molecule has 208 valence electrons. The number of aryl methyl sites for hydroxylation is 1. The minimum absolute atomic E-state index is 0.0672. The van der Waals surface area contributed by atoms with Crippen molar-refractivity contribution >= 4 is 17.3 Å². The van der Waals surface area contributed by atoms with Crippen LogP contribution in [0.2, 0.25) is 0 Å². The molecule has 0 aliphatic carbocycles. The van der Waals surface area contributed by atoms with E-state index in [0.29, 0.717) is 35.9 Å². The lowest BCUT2D eigenvalue weighted by atomic mass is 10.0. The summed E-state index contributed by atoms with van der Waals surface area (Å²) in [6.45, 7) is 8.93. The molecule has 9 nitrogen and oxygen atoms in total. The van der Waals surface area contributed by atoms with Gasteiger partial charge < -0.3 is 15.1 Å². The zero-order valence-corrected chi connectivity index (χ0v) is 22.4. The first-order chi connectivity index (χ1) is 19.1. The Morgan fingerprint density at radius 3 is 2.50 bits per heavy atom. The van der Waals surface area contributed by atoms with E-state index >= 15 is 0 Å². The summed E-state index contributed by atoms with van der Waals surface area (Å²) in [5, 5.41) is 11.0. The Kier molecular flexibility index (Phi) is 7.53. The van der Waals surface area contributed by atoms with Crippen molar-refractivity contribution in [1.82, 2.24) is 29.9 Å². The van der Waals surface area contributed by atoms with Gasteiger partial charge in [0.2, 0.25) is 0 Å². The van der Waals surface area contributed by atoms with Gasteiger partial charge in [0, 0.05) is 61.7 Å². The lowest BCUT2D eigenvalue weighted by Crippen LogP contribution is -2.46. The Bertz CT molecular complexity index is 1510. The summed E-state index contributed by atoms with van der Waals surface area (Å²) in [7, 11) is 0. The summed E-state index contributed by atoms with van der Waals surface area (Å²) >= 11 is 0. The smallest absolute Gasteiger partial charge is 0.369 e. The highest BCUT2D eigenvalue weighted by Gasteiger charge is 2.35. The zero-order valence-electron chi connectivity index (χ0n) is 22.4. The maximum absolute atomic E-state index is 14.0. The van der Waals surface area contributed by atoms with Gasteiger partial charge in [-0.15, -0.1) is 5.10 Å². The van der Waals surface area contributed by atoms with Crippen LogP contribution in [-0.4, -0.2) is 68.5 Å². The molecule has 4 heterocycles. The number of carbonyl (C=O) groups is 1. The number of hydrogen-bond acceptors (Lipinski definition) is 7. The number of halogens is 3. The largest absolute Gasteiger partial charge is 0.416 e. The highest BCUT2D eigenvalue weighted by Crippen LogP contribution is 2.39. The molecule has 5 rings (SSSR count). The van der Waals surface area contributed by atoms with E-state index in [1.165, 1.54) is 17.8 Å². The summed E-state index contributed by atoms with van der Waals surface area (Å²) in [6, 6.07) is 7.83. The van der Waals surface area contributed by atoms with Crippen molar-refractivity contribution in [3.63, 3.8) is 0 Å². The summed E-state index contributed by atoms with van der Waals surface area (Å²) in [5.41, 5.74) is 2.57. The number of carbonyl (C=O) groups excluding carboxylic acids is 1. The average molecular weight is 551 g/mol. The molecule has 1 N–H and O–H groups in total. The molecule has 12 heteroatoms. The molecule has 1 aliphatic rings. The van der Waals surface area contributed by atoms with Gasteiger partial charge >= 0.3 is 6.18 Å². The Hall–Kier alpha value is -4.32. The molecule has 1 aromatic carbocycles. The molecular weight excluding hydrogens is 521 g/mol. The molecule has 40 heavy (non-hydrogen) atoms. The van der Waals surface area contributed by atoms with E-state index in [-0.39, 0.29) is 16.8 Å². The maximum atomic E-state index is 14.0. The molecule has 1 aliphatic heterocycles. The maximum Gasteiger partial charge on any atom is 0.416 e. The standard InChI is InChI=1S/C28H29F3N8O/c1-4-37-8-10-38(11-9-37)25-14-22(13-23(18(25)2)28(29,30)31)34-27(40)21-12-26(19(3)33-16-21)39-17-24(35-36-39)20-6-5-7-32-15-20/h5-7,12-17H,4,8-11H2,1-3H3,(H,34,40). The van der Waals surface area contributed by atoms with Gasteiger partial charge in [-0.2, -0.15) is 13.2 Å². The molecule has 0 atom stereocenters. The van der Waals surface area contributed by atoms with Crippen LogP contribution in [0.1, 0.15) is 34.1 Å². The Morgan fingerprint density at radius 2 is 1.82 bits per heavy atom. The van der Waals surface area contributed by atoms with Crippen LogP contribution in [0.4, 0.5) is 24.5 Å². The number of nitrogens with one attached hydrogen (secondary N) is 1. The van der Waals surface area contributed by atoms with Crippen LogP contribution >= 0.6 is 0 Å². The fraction of sp³-hybridized carbons (Fsp3) is 0.321. The molecule has 0 spiro atoms. The van der Waals surface area contributed by atoms with Crippen LogP contribution in [0, 0.1) is 13.8 Å². The van der Waals surface area contributed by atoms with Gasteiger partial charge in [-0.3, -0.25) is 14.8 Å². The van der Waals surface area contributed by atoms with Crippen molar-refractivity contribution in [2.45, 2.75) is 26.9 Å². The van der Waals surface area contributed by atoms with E-state index < -0.39 is 17.6 Å². The number of rotatable bonds is 6. The molecule has 1 amide bonds. The number of benzene rings is 1. The number of nitrogens with zero attached hydrogens (tertiary/aromatic N) is 7. The van der Waals surface area contributed by atoms with E-state index in [1.54, 1.807) is 43.7 Å². The van der Waals surface area contributed by atoms with Gasteiger partial charge in [0.25, 0.3) is 5.91 Å². The molecule has 3 aromatic heterocycles. The minimum atomic E-state index is -4.57. The number of hydrogen-bond donors (Lipinski definition) is 1. The van der Waals surface area contributed by atoms with Gasteiger partial charge in [-0.05, 0) is 56.3 Å². The van der Waals surface area contributed by atoms with Crippen LogP contribution < -0.4 is 10.2 Å². The molecule has 0 radical (unpaired) electrons. The summed E-state index contributed by atoms with van der Waals surface area (Å²) in [4.78, 5) is 25.9. The van der Waals surface area contributed by atoms with E-state index in [2.05, 4.69) is 37.4 Å². The van der Waals surface area contributed by atoms with E-state index in [1.807, 2.05) is 11.0 Å². The molecule has 1 saturated heterocycles. The number of amides is 1. The normalized spacial score (nSPS) is 14.4. The second kappa shape index (κ2) is 11.0. The van der Waals surface area contributed by atoms with Crippen molar-refractivity contribution in [2.75, 3.05) is 42.9 Å². The van der Waals surface area contributed by atoms with Crippen molar-refractivity contribution in [1.29, 1.82) is 0 Å². The van der Waals surface area contributed by atoms with E-state index in [4.69, 9.17) is 0 Å². The third kappa shape index (κ3) is 5.67. The summed E-state index contributed by atoms with van der Waals surface area (Å²) in [6.07, 6.45) is 1.84. The predicted octanol–water partition coefficient (Wildman–Crippen LogP) is 4.75. The molecule has 1 fully saturated rings. The molecular formula is C28H29F3N8O. The highest BCUT2D eigenvalue weighted by atomic mass is 19.4. The van der Waals surface area contributed by atoms with Crippen LogP contribution in [0.3, 0.4) is 0 Å². The van der Waals surface area contributed by atoms with Crippen molar-refractivity contribution in [3.8, 4) is 16.9 Å². The fourth-order valence-electron chi connectivity index (χ4n) is 4.81. The van der Waals surface area contributed by atoms with Crippen molar-refractivity contribution in [3.05, 3.63) is 77.5 Å². The second-order valence-electron chi connectivity index (χ2n) is 9.66. The van der Waals surface area contributed by atoms with Gasteiger partial charge in [0.05, 0.1) is 28.7 Å². The average Bonchev–Trinajstić information content (AvgIpc) is 3.44. The quantitative estimate of drug-likeness (QED) is 0.370. The van der Waals surface area contributed by atoms with Crippen LogP contribution in [0.25, 0.3) is 16.9 Å².